The molecule has 0 saturated carbocycles. The minimum atomic E-state index is -1.24. The monoisotopic (exact) mass is 601 g/mol. The lowest BCUT2D eigenvalue weighted by molar-refractivity contribution is -0.148. The molecule has 3 fully saturated rings. The third kappa shape index (κ3) is 4.82. The number of nitrogens with one attached hydrogen (secondary N) is 2. The van der Waals surface area contributed by atoms with E-state index in [0.29, 0.717) is 42.1 Å². The van der Waals surface area contributed by atoms with Crippen LogP contribution >= 0.6 is 11.6 Å². The number of carbonyl (C=O) groups excluding carboxylic acids is 3. The van der Waals surface area contributed by atoms with Crippen molar-refractivity contribution in [1.29, 1.82) is 0 Å². The standard InChI is InChI=1S/C34H36ClN3O5/c1-3-33-17-18-34(43-33)27(26(33)30(40)36-23-14-8-5-9-15-23)32(42)38(24(20-39)19-22-12-6-4-7-13-22)29(34)31(41)37-28-21(2)11-10-16-25(28)35/h4-16,24,26-27,29,39H,3,17-20H2,1-2H3,(H,36,40)(H,37,41)/t24-,26-,27+,29?,33+,34?/m1/s1. The van der Waals surface area contributed by atoms with Gasteiger partial charge in [-0.15, -0.1) is 0 Å². The summed E-state index contributed by atoms with van der Waals surface area (Å²) in [6, 6.07) is 22.2. The molecule has 6 rings (SSSR count). The molecule has 224 valence electrons. The van der Waals surface area contributed by atoms with Gasteiger partial charge in [0.05, 0.1) is 40.8 Å². The number of rotatable bonds is 9. The molecule has 0 radical (unpaired) electrons. The Kier molecular flexibility index (Phi) is 7.79. The number of aryl methyl sites for hydroxylation is 1. The number of aliphatic hydroxyl groups is 1. The fourth-order valence-corrected chi connectivity index (χ4v) is 7.88. The van der Waals surface area contributed by atoms with Crippen LogP contribution in [0.15, 0.2) is 78.9 Å². The quantitative estimate of drug-likeness (QED) is 0.320. The topological polar surface area (TPSA) is 108 Å². The van der Waals surface area contributed by atoms with Gasteiger partial charge in [-0.25, -0.2) is 0 Å². The first-order chi connectivity index (χ1) is 20.7. The molecule has 3 amide bonds. The zero-order valence-corrected chi connectivity index (χ0v) is 25.0. The van der Waals surface area contributed by atoms with Gasteiger partial charge in [0.15, 0.2) is 0 Å². The van der Waals surface area contributed by atoms with E-state index in [4.69, 9.17) is 16.3 Å². The number of carbonyl (C=O) groups is 3. The van der Waals surface area contributed by atoms with Crippen molar-refractivity contribution in [1.82, 2.24) is 4.90 Å². The lowest BCUT2D eigenvalue weighted by Gasteiger charge is -2.37. The van der Waals surface area contributed by atoms with Gasteiger partial charge in [0.2, 0.25) is 17.7 Å². The van der Waals surface area contributed by atoms with Crippen LogP contribution in [0.4, 0.5) is 11.4 Å². The van der Waals surface area contributed by atoms with Crippen LogP contribution in [-0.4, -0.2) is 57.6 Å². The van der Waals surface area contributed by atoms with Crippen molar-refractivity contribution in [2.75, 3.05) is 17.2 Å². The van der Waals surface area contributed by atoms with E-state index in [-0.39, 0.29) is 18.4 Å². The molecule has 3 saturated heterocycles. The van der Waals surface area contributed by atoms with Gasteiger partial charge in [0, 0.05) is 5.69 Å². The lowest BCUT2D eigenvalue weighted by atomic mass is 9.65. The number of nitrogens with zero attached hydrogens (tertiary/aromatic N) is 1. The van der Waals surface area contributed by atoms with Gasteiger partial charge in [-0.1, -0.05) is 79.2 Å². The number of benzene rings is 3. The van der Waals surface area contributed by atoms with Crippen LogP contribution in [0.2, 0.25) is 5.02 Å². The highest BCUT2D eigenvalue weighted by Gasteiger charge is 2.79. The van der Waals surface area contributed by atoms with Crippen molar-refractivity contribution in [2.45, 2.75) is 62.8 Å². The highest BCUT2D eigenvalue weighted by molar-refractivity contribution is 6.34. The highest BCUT2D eigenvalue weighted by Crippen LogP contribution is 2.64. The summed E-state index contributed by atoms with van der Waals surface area (Å²) in [6.07, 6.45) is 1.81. The third-order valence-corrected chi connectivity index (χ3v) is 9.89. The number of hydrogen-bond acceptors (Lipinski definition) is 5. The maximum Gasteiger partial charge on any atom is 0.250 e. The number of aliphatic hydroxyl groups excluding tert-OH is 1. The molecule has 3 aliphatic heterocycles. The molecular weight excluding hydrogens is 566 g/mol. The second kappa shape index (κ2) is 11.4. The molecule has 2 bridgehead atoms. The minimum absolute atomic E-state index is 0.306. The average molecular weight is 602 g/mol. The maximum atomic E-state index is 14.6. The van der Waals surface area contributed by atoms with Crippen molar-refractivity contribution >= 4 is 40.7 Å². The molecule has 9 heteroatoms. The van der Waals surface area contributed by atoms with E-state index in [1.165, 1.54) is 4.90 Å². The minimum Gasteiger partial charge on any atom is -0.394 e. The summed E-state index contributed by atoms with van der Waals surface area (Å²) in [7, 11) is 0. The number of anilines is 2. The summed E-state index contributed by atoms with van der Waals surface area (Å²) in [5.41, 5.74) is 0.641. The lowest BCUT2D eigenvalue weighted by Crippen LogP contribution is -2.57. The molecule has 8 nitrogen and oxygen atoms in total. The van der Waals surface area contributed by atoms with E-state index in [9.17, 15) is 19.5 Å². The number of hydrogen-bond donors (Lipinski definition) is 3. The first-order valence-corrected chi connectivity index (χ1v) is 15.2. The zero-order chi connectivity index (χ0) is 30.4. The molecule has 2 unspecified atom stereocenters. The summed E-state index contributed by atoms with van der Waals surface area (Å²) in [6.45, 7) is 3.44. The number of halogens is 1. The molecule has 3 aromatic rings. The summed E-state index contributed by atoms with van der Waals surface area (Å²) in [4.78, 5) is 44.6. The van der Waals surface area contributed by atoms with Gasteiger partial charge in [-0.05, 0) is 61.9 Å². The van der Waals surface area contributed by atoms with Crippen LogP contribution < -0.4 is 10.6 Å². The fourth-order valence-electron chi connectivity index (χ4n) is 7.61. The number of fused-ring (bicyclic) bond motifs is 1. The van der Waals surface area contributed by atoms with Gasteiger partial charge < -0.3 is 25.4 Å². The molecule has 3 aromatic carbocycles. The van der Waals surface area contributed by atoms with E-state index in [2.05, 4.69) is 10.6 Å². The van der Waals surface area contributed by atoms with Crippen LogP contribution in [0.5, 0.6) is 0 Å². The number of para-hydroxylation sites is 2. The SMILES string of the molecule is CC[C@@]12CCC3(O1)C(C(=O)Nc1c(C)cccc1Cl)N([C@@H](CO)Cc1ccccc1)C(=O)[C@@H]3[C@@H]2C(=O)Nc1ccccc1. The predicted molar refractivity (Wildman–Crippen MR) is 165 cm³/mol. The van der Waals surface area contributed by atoms with Crippen LogP contribution in [0.3, 0.4) is 0 Å². The molecule has 3 aliphatic rings. The second-order valence-electron chi connectivity index (χ2n) is 11.9. The Bertz CT molecular complexity index is 1520. The molecule has 3 heterocycles. The number of amides is 3. The molecule has 43 heavy (non-hydrogen) atoms. The zero-order valence-electron chi connectivity index (χ0n) is 24.3. The first-order valence-electron chi connectivity index (χ1n) is 14.8. The maximum absolute atomic E-state index is 14.6. The number of ether oxygens (including phenoxy) is 1. The Morgan fingerprint density at radius 2 is 1.70 bits per heavy atom. The first kappa shape index (κ1) is 29.4. The van der Waals surface area contributed by atoms with E-state index in [0.717, 1.165) is 11.1 Å². The van der Waals surface area contributed by atoms with Crippen molar-refractivity contribution < 1.29 is 24.2 Å². The van der Waals surface area contributed by atoms with Gasteiger partial charge in [0.1, 0.15) is 11.6 Å². The van der Waals surface area contributed by atoms with Gasteiger partial charge in [0.25, 0.3) is 0 Å². The molecule has 3 N–H and O–H groups in total. The van der Waals surface area contributed by atoms with Gasteiger partial charge in [-0.2, -0.15) is 0 Å². The van der Waals surface area contributed by atoms with Gasteiger partial charge in [-0.3, -0.25) is 14.4 Å². The van der Waals surface area contributed by atoms with Crippen molar-refractivity contribution in [3.05, 3.63) is 95.0 Å². The van der Waals surface area contributed by atoms with E-state index in [1.54, 1.807) is 24.3 Å². The van der Waals surface area contributed by atoms with Crippen LogP contribution in [0.1, 0.15) is 37.3 Å². The van der Waals surface area contributed by atoms with Crippen molar-refractivity contribution in [2.24, 2.45) is 11.8 Å². The Morgan fingerprint density at radius 1 is 1.00 bits per heavy atom. The van der Waals surface area contributed by atoms with Crippen molar-refractivity contribution in [3.63, 3.8) is 0 Å². The summed E-state index contributed by atoms with van der Waals surface area (Å²) < 4.78 is 6.87. The summed E-state index contributed by atoms with van der Waals surface area (Å²) in [5, 5.41) is 17.0. The smallest absolute Gasteiger partial charge is 0.250 e. The van der Waals surface area contributed by atoms with Crippen LogP contribution in [0.25, 0.3) is 0 Å². The van der Waals surface area contributed by atoms with E-state index >= 15 is 0 Å². The second-order valence-corrected chi connectivity index (χ2v) is 12.3. The van der Waals surface area contributed by atoms with E-state index in [1.807, 2.05) is 68.4 Å². The predicted octanol–water partition coefficient (Wildman–Crippen LogP) is 4.98. The number of likely N-dealkylation sites (tertiary alicyclic amines) is 1. The van der Waals surface area contributed by atoms with Gasteiger partial charge >= 0.3 is 0 Å². The molecule has 6 atom stereocenters. The fraction of sp³-hybridized carbons (Fsp3) is 0.382. The van der Waals surface area contributed by atoms with Crippen LogP contribution in [-0.2, 0) is 25.5 Å². The summed E-state index contributed by atoms with van der Waals surface area (Å²) >= 11 is 6.50. The molecular formula is C34H36ClN3O5. The largest absolute Gasteiger partial charge is 0.394 e. The van der Waals surface area contributed by atoms with E-state index < -0.39 is 41.0 Å². The molecule has 1 spiro atoms. The third-order valence-electron chi connectivity index (χ3n) is 9.58. The van der Waals surface area contributed by atoms with Crippen LogP contribution in [0, 0.1) is 18.8 Å². The van der Waals surface area contributed by atoms with Crippen molar-refractivity contribution in [3.8, 4) is 0 Å². The Morgan fingerprint density at radius 3 is 2.35 bits per heavy atom. The average Bonchev–Trinajstić information content (AvgIpc) is 3.62. The Hall–Kier alpha value is -3.72. The molecule has 0 aromatic heterocycles. The Labute approximate surface area is 256 Å². The summed E-state index contributed by atoms with van der Waals surface area (Å²) in [5.74, 6) is -2.81. The normalized spacial score (nSPS) is 28.0. The highest BCUT2D eigenvalue weighted by atomic mass is 35.5. The molecule has 0 aliphatic carbocycles. The Balaban J connectivity index is 1.43.